The molecule has 0 radical (unpaired) electrons. The summed E-state index contributed by atoms with van der Waals surface area (Å²) in [5.41, 5.74) is 8.59. The second kappa shape index (κ2) is 3.10. The lowest BCUT2D eigenvalue weighted by Gasteiger charge is -1.99. The van der Waals surface area contributed by atoms with Crippen LogP contribution in [-0.2, 0) is 7.05 Å². The van der Waals surface area contributed by atoms with Gasteiger partial charge in [0.05, 0.1) is 18.2 Å². The van der Waals surface area contributed by atoms with Crippen molar-refractivity contribution in [3.05, 3.63) is 36.9 Å². The Labute approximate surface area is 92.2 Å². The quantitative estimate of drug-likeness (QED) is 0.663. The Morgan fingerprint density at radius 3 is 2.88 bits per heavy atom. The van der Waals surface area contributed by atoms with E-state index in [1.807, 2.05) is 40.4 Å². The van der Waals surface area contributed by atoms with Crippen molar-refractivity contribution in [2.24, 2.45) is 7.05 Å². The van der Waals surface area contributed by atoms with Gasteiger partial charge in [0, 0.05) is 13.2 Å². The van der Waals surface area contributed by atoms with Crippen LogP contribution in [0.2, 0.25) is 0 Å². The smallest absolute Gasteiger partial charge is 0.139 e. The maximum absolute atomic E-state index is 6.06. The summed E-state index contributed by atoms with van der Waals surface area (Å²) >= 11 is 0. The third kappa shape index (κ3) is 1.11. The molecular weight excluding hydrogens is 202 g/mol. The van der Waals surface area contributed by atoms with E-state index in [-0.39, 0.29) is 0 Å². The summed E-state index contributed by atoms with van der Waals surface area (Å²) in [6, 6.07) is 5.79. The van der Waals surface area contributed by atoms with Gasteiger partial charge in [0.1, 0.15) is 17.2 Å². The van der Waals surface area contributed by atoms with Gasteiger partial charge in [-0.05, 0) is 12.1 Å². The molecule has 5 nitrogen and oxygen atoms in total. The topological polar surface area (TPSA) is 61.1 Å². The van der Waals surface area contributed by atoms with Crippen LogP contribution in [0.5, 0.6) is 0 Å². The SMILES string of the molecule is Cn1cncc1-c1nc2ccccn2c1N. The highest BCUT2D eigenvalue weighted by Gasteiger charge is 2.13. The van der Waals surface area contributed by atoms with E-state index in [4.69, 9.17) is 5.73 Å². The summed E-state index contributed by atoms with van der Waals surface area (Å²) in [4.78, 5) is 8.56. The second-order valence-electron chi connectivity index (χ2n) is 3.66. The average Bonchev–Trinajstić information content (AvgIpc) is 2.84. The number of nitrogens with two attached hydrogens (primary N) is 1. The Kier molecular flexibility index (Phi) is 1.73. The number of aryl methyl sites for hydroxylation is 1. The molecule has 0 unspecified atom stereocenters. The maximum atomic E-state index is 6.06. The van der Waals surface area contributed by atoms with Crippen molar-refractivity contribution in [2.75, 3.05) is 5.73 Å². The lowest BCUT2D eigenvalue weighted by Crippen LogP contribution is -1.96. The van der Waals surface area contributed by atoms with E-state index in [1.54, 1.807) is 12.5 Å². The number of nitrogen functional groups attached to an aromatic ring is 1. The molecule has 16 heavy (non-hydrogen) atoms. The molecule has 0 saturated heterocycles. The summed E-state index contributed by atoms with van der Waals surface area (Å²) in [6.07, 6.45) is 5.40. The van der Waals surface area contributed by atoms with Gasteiger partial charge in [0.15, 0.2) is 0 Å². The molecule has 0 aliphatic rings. The molecule has 3 heterocycles. The van der Waals surface area contributed by atoms with Gasteiger partial charge in [0.25, 0.3) is 0 Å². The molecule has 0 bridgehead atoms. The number of fused-ring (bicyclic) bond motifs is 1. The maximum Gasteiger partial charge on any atom is 0.139 e. The van der Waals surface area contributed by atoms with Crippen molar-refractivity contribution >= 4 is 11.5 Å². The van der Waals surface area contributed by atoms with E-state index in [9.17, 15) is 0 Å². The first-order chi connectivity index (χ1) is 7.77. The van der Waals surface area contributed by atoms with Crippen LogP contribution in [0.25, 0.3) is 17.0 Å². The minimum absolute atomic E-state index is 0.638. The summed E-state index contributed by atoms with van der Waals surface area (Å²) in [5.74, 6) is 0.638. The summed E-state index contributed by atoms with van der Waals surface area (Å²) < 4.78 is 3.76. The Bertz CT molecular complexity index is 649. The number of rotatable bonds is 1. The van der Waals surface area contributed by atoms with Gasteiger partial charge in [-0.25, -0.2) is 9.97 Å². The fraction of sp³-hybridized carbons (Fsp3) is 0.0909. The molecule has 0 amide bonds. The minimum atomic E-state index is 0.638. The Morgan fingerprint density at radius 2 is 2.19 bits per heavy atom. The molecular formula is C11H11N5. The predicted octanol–water partition coefficient (Wildman–Crippen LogP) is 1.32. The first-order valence-corrected chi connectivity index (χ1v) is 4.96. The van der Waals surface area contributed by atoms with E-state index in [0.29, 0.717) is 5.82 Å². The molecule has 5 heteroatoms. The molecule has 0 spiro atoms. The highest BCUT2D eigenvalue weighted by molar-refractivity contribution is 5.72. The highest BCUT2D eigenvalue weighted by atomic mass is 15.1. The van der Waals surface area contributed by atoms with Crippen molar-refractivity contribution in [3.63, 3.8) is 0 Å². The van der Waals surface area contributed by atoms with E-state index < -0.39 is 0 Å². The highest BCUT2D eigenvalue weighted by Crippen LogP contribution is 2.25. The number of imidazole rings is 2. The van der Waals surface area contributed by atoms with Crippen molar-refractivity contribution < 1.29 is 0 Å². The number of hydrogen-bond acceptors (Lipinski definition) is 3. The largest absolute Gasteiger partial charge is 0.383 e. The Balaban J connectivity index is 2.33. The first-order valence-electron chi connectivity index (χ1n) is 4.96. The molecule has 0 aliphatic carbocycles. The minimum Gasteiger partial charge on any atom is -0.383 e. The third-order valence-corrected chi connectivity index (χ3v) is 2.63. The van der Waals surface area contributed by atoms with Gasteiger partial charge in [-0.15, -0.1) is 0 Å². The molecule has 3 rings (SSSR count). The van der Waals surface area contributed by atoms with Gasteiger partial charge in [-0.1, -0.05) is 6.07 Å². The van der Waals surface area contributed by atoms with Crippen LogP contribution >= 0.6 is 0 Å². The van der Waals surface area contributed by atoms with E-state index in [2.05, 4.69) is 9.97 Å². The standard InChI is InChI=1S/C11H11N5/c1-15-7-13-6-8(15)10-11(12)16-5-3-2-4-9(16)14-10/h2-7H,12H2,1H3. The fourth-order valence-corrected chi connectivity index (χ4v) is 1.79. The Morgan fingerprint density at radius 1 is 1.31 bits per heavy atom. The zero-order valence-electron chi connectivity index (χ0n) is 8.83. The zero-order valence-corrected chi connectivity index (χ0v) is 8.83. The normalized spacial score (nSPS) is 11.1. The number of pyridine rings is 1. The number of hydrogen-bond donors (Lipinski definition) is 1. The molecule has 0 saturated carbocycles. The average molecular weight is 213 g/mol. The van der Waals surface area contributed by atoms with E-state index in [1.165, 1.54) is 0 Å². The molecule has 0 fully saturated rings. The van der Waals surface area contributed by atoms with Crippen LogP contribution in [0.3, 0.4) is 0 Å². The van der Waals surface area contributed by atoms with Crippen molar-refractivity contribution in [1.82, 2.24) is 18.9 Å². The predicted molar refractivity (Wildman–Crippen MR) is 61.8 cm³/mol. The third-order valence-electron chi connectivity index (χ3n) is 2.63. The van der Waals surface area contributed by atoms with E-state index >= 15 is 0 Å². The zero-order chi connectivity index (χ0) is 11.1. The van der Waals surface area contributed by atoms with Crippen LogP contribution in [0.1, 0.15) is 0 Å². The molecule has 0 aromatic carbocycles. The van der Waals surface area contributed by atoms with Crippen LogP contribution in [0.15, 0.2) is 36.9 Å². The molecule has 3 aromatic heterocycles. The first kappa shape index (κ1) is 8.96. The van der Waals surface area contributed by atoms with Gasteiger partial charge in [-0.2, -0.15) is 0 Å². The van der Waals surface area contributed by atoms with Crippen LogP contribution in [0, 0.1) is 0 Å². The molecule has 0 atom stereocenters. The van der Waals surface area contributed by atoms with Crippen molar-refractivity contribution in [1.29, 1.82) is 0 Å². The van der Waals surface area contributed by atoms with Gasteiger partial charge < -0.3 is 10.3 Å². The van der Waals surface area contributed by atoms with Crippen LogP contribution in [-0.4, -0.2) is 18.9 Å². The summed E-state index contributed by atoms with van der Waals surface area (Å²) in [7, 11) is 1.92. The second-order valence-corrected chi connectivity index (χ2v) is 3.66. The molecule has 0 aliphatic heterocycles. The number of aromatic nitrogens is 4. The molecule has 2 N–H and O–H groups in total. The lowest BCUT2D eigenvalue weighted by atomic mass is 10.3. The summed E-state index contributed by atoms with van der Waals surface area (Å²) in [6.45, 7) is 0. The van der Waals surface area contributed by atoms with Crippen molar-refractivity contribution in [2.45, 2.75) is 0 Å². The van der Waals surface area contributed by atoms with Crippen molar-refractivity contribution in [3.8, 4) is 11.4 Å². The van der Waals surface area contributed by atoms with Gasteiger partial charge >= 0.3 is 0 Å². The molecule has 80 valence electrons. The van der Waals surface area contributed by atoms with Gasteiger partial charge in [0.2, 0.25) is 0 Å². The lowest BCUT2D eigenvalue weighted by molar-refractivity contribution is 0.918. The molecule has 3 aromatic rings. The van der Waals surface area contributed by atoms with Crippen LogP contribution < -0.4 is 5.73 Å². The summed E-state index contributed by atoms with van der Waals surface area (Å²) in [5, 5.41) is 0. The van der Waals surface area contributed by atoms with Gasteiger partial charge in [-0.3, -0.25) is 4.40 Å². The number of anilines is 1. The van der Waals surface area contributed by atoms with E-state index in [0.717, 1.165) is 17.0 Å². The number of nitrogens with zero attached hydrogens (tertiary/aromatic N) is 4. The fourth-order valence-electron chi connectivity index (χ4n) is 1.79. The van der Waals surface area contributed by atoms with Crippen LogP contribution in [0.4, 0.5) is 5.82 Å². The monoisotopic (exact) mass is 213 g/mol. The Hall–Kier alpha value is -2.30.